The van der Waals surface area contributed by atoms with Gasteiger partial charge in [-0.3, -0.25) is 4.79 Å². The Labute approximate surface area is 174 Å². The predicted molar refractivity (Wildman–Crippen MR) is 110 cm³/mol. The summed E-state index contributed by atoms with van der Waals surface area (Å²) < 4.78 is 40.5. The van der Waals surface area contributed by atoms with Gasteiger partial charge in [-0.2, -0.15) is 0 Å². The third kappa shape index (κ3) is 5.59. The monoisotopic (exact) mass is 426 g/mol. The number of alkyl halides is 3. The minimum absolute atomic E-state index is 0.128. The molecule has 2 heterocycles. The SMILES string of the molecule is O=c1ccc2cc(CCc3cnc(Nc4ccc(OC(F)(F)F)cc4)nc3)ccc2[nH]1. The van der Waals surface area contributed by atoms with Crippen LogP contribution in [0.3, 0.4) is 0 Å². The lowest BCUT2D eigenvalue weighted by Gasteiger charge is -2.10. The quantitative estimate of drug-likeness (QED) is 0.465. The third-order valence-corrected chi connectivity index (χ3v) is 4.54. The van der Waals surface area contributed by atoms with Gasteiger partial charge in [-0.1, -0.05) is 6.07 Å². The van der Waals surface area contributed by atoms with Gasteiger partial charge in [0.15, 0.2) is 0 Å². The van der Waals surface area contributed by atoms with E-state index in [1.807, 2.05) is 18.2 Å². The lowest BCUT2D eigenvalue weighted by atomic mass is 10.0. The molecule has 31 heavy (non-hydrogen) atoms. The molecular formula is C22H17F3N4O2. The molecule has 0 saturated heterocycles. The molecule has 0 aliphatic carbocycles. The number of benzene rings is 2. The van der Waals surface area contributed by atoms with Crippen LogP contribution in [0.25, 0.3) is 10.9 Å². The van der Waals surface area contributed by atoms with Crippen molar-refractivity contribution in [3.05, 3.63) is 88.5 Å². The van der Waals surface area contributed by atoms with Crippen LogP contribution in [-0.2, 0) is 12.8 Å². The van der Waals surface area contributed by atoms with Crippen LogP contribution >= 0.6 is 0 Å². The standard InChI is InChI=1S/C22H17F3N4O2/c23-22(24,25)31-18-7-5-17(6-8-18)28-21-26-12-15(13-27-21)2-1-14-3-9-19-16(11-14)4-10-20(30)29-19/h3-13H,1-2H2,(H,29,30)(H,26,27,28). The number of pyridine rings is 1. The molecule has 4 aromatic rings. The summed E-state index contributed by atoms with van der Waals surface area (Å²) in [4.78, 5) is 22.7. The largest absolute Gasteiger partial charge is 0.573 e. The highest BCUT2D eigenvalue weighted by molar-refractivity contribution is 5.78. The van der Waals surface area contributed by atoms with Gasteiger partial charge in [0.25, 0.3) is 0 Å². The number of fused-ring (bicyclic) bond motifs is 1. The van der Waals surface area contributed by atoms with Crippen molar-refractivity contribution in [2.45, 2.75) is 19.2 Å². The number of H-pyrrole nitrogens is 1. The van der Waals surface area contributed by atoms with Gasteiger partial charge in [0.05, 0.1) is 0 Å². The first-order chi connectivity index (χ1) is 14.8. The van der Waals surface area contributed by atoms with Gasteiger partial charge in [0.2, 0.25) is 11.5 Å². The van der Waals surface area contributed by atoms with E-state index < -0.39 is 6.36 Å². The molecule has 0 unspecified atom stereocenters. The highest BCUT2D eigenvalue weighted by Gasteiger charge is 2.30. The molecular weight excluding hydrogens is 409 g/mol. The number of anilines is 2. The number of hydrogen-bond acceptors (Lipinski definition) is 5. The van der Waals surface area contributed by atoms with Gasteiger partial charge < -0.3 is 15.0 Å². The third-order valence-electron chi connectivity index (χ3n) is 4.54. The van der Waals surface area contributed by atoms with E-state index in [1.165, 1.54) is 30.3 Å². The molecule has 0 aliphatic heterocycles. The summed E-state index contributed by atoms with van der Waals surface area (Å²) in [7, 11) is 0. The first kappa shape index (κ1) is 20.4. The van der Waals surface area contributed by atoms with Gasteiger partial charge in [-0.15, -0.1) is 13.2 Å². The van der Waals surface area contributed by atoms with Gasteiger partial charge in [-0.25, -0.2) is 9.97 Å². The number of aromatic nitrogens is 3. The summed E-state index contributed by atoms with van der Waals surface area (Å²) in [5, 5.41) is 3.90. The Morgan fingerprint density at radius 2 is 1.61 bits per heavy atom. The molecule has 4 rings (SSSR count). The molecule has 0 atom stereocenters. The summed E-state index contributed by atoms with van der Waals surface area (Å²) in [6.07, 6.45) is 0.202. The van der Waals surface area contributed by atoms with E-state index >= 15 is 0 Å². The molecule has 6 nitrogen and oxygen atoms in total. The molecule has 2 aromatic heterocycles. The molecule has 2 N–H and O–H groups in total. The molecule has 0 fully saturated rings. The minimum atomic E-state index is -4.72. The Balaban J connectivity index is 1.35. The van der Waals surface area contributed by atoms with E-state index in [4.69, 9.17) is 0 Å². The zero-order valence-corrected chi connectivity index (χ0v) is 16.1. The van der Waals surface area contributed by atoms with Crippen molar-refractivity contribution in [2.24, 2.45) is 0 Å². The van der Waals surface area contributed by atoms with Gasteiger partial charge in [0.1, 0.15) is 5.75 Å². The van der Waals surface area contributed by atoms with Gasteiger partial charge in [-0.05, 0) is 71.8 Å². The van der Waals surface area contributed by atoms with Crippen molar-refractivity contribution in [3.63, 3.8) is 0 Å². The first-order valence-electron chi connectivity index (χ1n) is 9.40. The fraction of sp³-hybridized carbons (Fsp3) is 0.136. The number of hydrogen-bond donors (Lipinski definition) is 2. The van der Waals surface area contributed by atoms with Crippen LogP contribution in [0.5, 0.6) is 5.75 Å². The van der Waals surface area contributed by atoms with Crippen molar-refractivity contribution in [1.82, 2.24) is 15.0 Å². The van der Waals surface area contributed by atoms with Crippen molar-refractivity contribution in [1.29, 1.82) is 0 Å². The lowest BCUT2D eigenvalue weighted by Crippen LogP contribution is -2.16. The fourth-order valence-electron chi connectivity index (χ4n) is 3.07. The summed E-state index contributed by atoms with van der Waals surface area (Å²) in [5.41, 5.74) is 3.28. The minimum Gasteiger partial charge on any atom is -0.406 e. The van der Waals surface area contributed by atoms with Crippen LogP contribution in [0.1, 0.15) is 11.1 Å². The Morgan fingerprint density at radius 3 is 2.32 bits per heavy atom. The van der Waals surface area contributed by atoms with E-state index in [9.17, 15) is 18.0 Å². The summed E-state index contributed by atoms with van der Waals surface area (Å²) in [5.74, 6) is 0.0391. The predicted octanol–water partition coefficient (Wildman–Crippen LogP) is 4.75. The number of halogens is 3. The van der Waals surface area contributed by atoms with Crippen molar-refractivity contribution < 1.29 is 17.9 Å². The molecule has 158 valence electrons. The Hall–Kier alpha value is -3.88. The van der Waals surface area contributed by atoms with E-state index in [-0.39, 0.29) is 11.3 Å². The van der Waals surface area contributed by atoms with Gasteiger partial charge >= 0.3 is 6.36 Å². The normalized spacial score (nSPS) is 11.5. The van der Waals surface area contributed by atoms with Crippen molar-refractivity contribution in [3.8, 4) is 5.75 Å². The fourth-order valence-corrected chi connectivity index (χ4v) is 3.07. The zero-order chi connectivity index (χ0) is 21.8. The maximum atomic E-state index is 12.2. The summed E-state index contributed by atoms with van der Waals surface area (Å²) >= 11 is 0. The lowest BCUT2D eigenvalue weighted by molar-refractivity contribution is -0.274. The maximum Gasteiger partial charge on any atom is 0.573 e. The topological polar surface area (TPSA) is 79.9 Å². The van der Waals surface area contributed by atoms with Crippen LogP contribution in [-0.4, -0.2) is 21.3 Å². The van der Waals surface area contributed by atoms with Crippen LogP contribution in [0.15, 0.2) is 71.8 Å². The Bertz CT molecular complexity index is 1240. The second-order valence-corrected chi connectivity index (χ2v) is 6.86. The smallest absolute Gasteiger partial charge is 0.406 e. The Kier molecular flexibility index (Phi) is 5.57. The van der Waals surface area contributed by atoms with Crippen molar-refractivity contribution in [2.75, 3.05) is 5.32 Å². The Morgan fingerprint density at radius 1 is 0.903 bits per heavy atom. The molecule has 0 spiro atoms. The highest BCUT2D eigenvalue weighted by Crippen LogP contribution is 2.24. The number of aryl methyl sites for hydroxylation is 2. The first-order valence-corrected chi connectivity index (χ1v) is 9.40. The second kappa shape index (κ2) is 8.47. The van der Waals surface area contributed by atoms with E-state index in [2.05, 4.69) is 25.0 Å². The molecule has 0 saturated carbocycles. The van der Waals surface area contributed by atoms with E-state index in [0.717, 1.165) is 34.9 Å². The van der Waals surface area contributed by atoms with Crippen LogP contribution in [0, 0.1) is 0 Å². The zero-order valence-electron chi connectivity index (χ0n) is 16.1. The van der Waals surface area contributed by atoms with Crippen LogP contribution in [0.4, 0.5) is 24.8 Å². The molecule has 0 aliphatic rings. The van der Waals surface area contributed by atoms with Crippen molar-refractivity contribution >= 4 is 22.5 Å². The number of rotatable bonds is 6. The van der Waals surface area contributed by atoms with Crippen LogP contribution in [0.2, 0.25) is 0 Å². The molecule has 0 bridgehead atoms. The number of nitrogens with zero attached hydrogens (tertiary/aromatic N) is 2. The summed E-state index contributed by atoms with van der Waals surface area (Å²) in [6, 6.07) is 14.5. The molecule has 0 amide bonds. The number of ether oxygens (including phenoxy) is 1. The average Bonchev–Trinajstić information content (AvgIpc) is 2.73. The number of nitrogens with one attached hydrogen (secondary N) is 2. The number of aromatic amines is 1. The van der Waals surface area contributed by atoms with E-state index in [1.54, 1.807) is 18.5 Å². The van der Waals surface area contributed by atoms with Gasteiger partial charge in [0, 0.05) is 29.7 Å². The second-order valence-electron chi connectivity index (χ2n) is 6.86. The van der Waals surface area contributed by atoms with Crippen LogP contribution < -0.4 is 15.6 Å². The maximum absolute atomic E-state index is 12.2. The molecule has 9 heteroatoms. The average molecular weight is 426 g/mol. The van der Waals surface area contributed by atoms with E-state index in [0.29, 0.717) is 11.6 Å². The highest BCUT2D eigenvalue weighted by atomic mass is 19.4. The summed E-state index contributed by atoms with van der Waals surface area (Å²) in [6.45, 7) is 0. The molecule has 2 aromatic carbocycles. The molecule has 0 radical (unpaired) electrons.